The van der Waals surface area contributed by atoms with Crippen LogP contribution in [0, 0.1) is 17.3 Å². The number of rotatable bonds is 6. The molecule has 31 heavy (non-hydrogen) atoms. The van der Waals surface area contributed by atoms with E-state index in [0.29, 0.717) is 11.3 Å². The lowest BCUT2D eigenvalue weighted by Gasteiger charge is -2.24. The molecule has 2 fully saturated rings. The molecule has 1 aromatic heterocycles. The largest absolute Gasteiger partial charge is 0.473 e. The topological polar surface area (TPSA) is 67.3 Å². The van der Waals surface area contributed by atoms with Gasteiger partial charge in [-0.1, -0.05) is 32.9 Å². The zero-order chi connectivity index (χ0) is 22.0. The average Bonchev–Trinajstić information content (AvgIpc) is 3.25. The molecule has 0 bridgehead atoms. The Kier molecular flexibility index (Phi) is 6.28. The molecule has 1 N–H and O–H groups in total. The van der Waals surface area contributed by atoms with Crippen molar-refractivity contribution < 1.29 is 9.53 Å². The Labute approximate surface area is 185 Å². The number of likely N-dealkylation sites (tertiary alicyclic amines) is 1. The second-order valence-electron chi connectivity index (χ2n) is 10.3. The normalized spacial score (nSPS) is 23.5. The highest BCUT2D eigenvalue weighted by molar-refractivity contribution is 5.88. The number of aromatic nitrogens is 2. The summed E-state index contributed by atoms with van der Waals surface area (Å²) < 4.78 is 6.18. The van der Waals surface area contributed by atoms with Crippen molar-refractivity contribution in [2.75, 3.05) is 25.0 Å². The molecule has 0 radical (unpaired) electrons. The van der Waals surface area contributed by atoms with Crippen molar-refractivity contribution in [2.24, 2.45) is 17.3 Å². The first-order chi connectivity index (χ1) is 14.7. The summed E-state index contributed by atoms with van der Waals surface area (Å²) in [7, 11) is 0. The minimum absolute atomic E-state index is 0.0808. The summed E-state index contributed by atoms with van der Waals surface area (Å²) in [5.74, 6) is 2.02. The van der Waals surface area contributed by atoms with Gasteiger partial charge in [-0.2, -0.15) is 0 Å². The fourth-order valence-corrected chi connectivity index (χ4v) is 4.75. The summed E-state index contributed by atoms with van der Waals surface area (Å²) in [6.07, 6.45) is 3.73. The summed E-state index contributed by atoms with van der Waals surface area (Å²) >= 11 is 0. The van der Waals surface area contributed by atoms with Gasteiger partial charge in [0.05, 0.1) is 5.69 Å². The molecule has 1 saturated carbocycles. The lowest BCUT2D eigenvalue weighted by atomic mass is 9.92. The molecule has 1 amide bonds. The number of carbonyl (C=O) groups is 1. The Morgan fingerprint density at radius 3 is 2.29 bits per heavy atom. The van der Waals surface area contributed by atoms with Crippen molar-refractivity contribution in [3.05, 3.63) is 36.4 Å². The van der Waals surface area contributed by atoms with Crippen molar-refractivity contribution in [1.82, 2.24) is 15.1 Å². The van der Waals surface area contributed by atoms with E-state index in [2.05, 4.69) is 41.2 Å². The van der Waals surface area contributed by atoms with Gasteiger partial charge in [0.25, 0.3) is 0 Å². The predicted octanol–water partition coefficient (Wildman–Crippen LogP) is 4.63. The Bertz CT molecular complexity index is 875. The SMILES string of the molecule is CC(=O)Nc1ccc(-c2ccc(OC3C[C@@H]4CN(CCC(C)(C)C)C[C@@H]4C3)nn2)cc1. The fourth-order valence-electron chi connectivity index (χ4n) is 4.75. The summed E-state index contributed by atoms with van der Waals surface area (Å²) in [6, 6.07) is 11.4. The number of carbonyl (C=O) groups excluding carboxylic acids is 1. The van der Waals surface area contributed by atoms with Crippen LogP contribution in [0.15, 0.2) is 36.4 Å². The van der Waals surface area contributed by atoms with E-state index >= 15 is 0 Å². The summed E-state index contributed by atoms with van der Waals surface area (Å²) in [6.45, 7) is 12.1. The van der Waals surface area contributed by atoms with E-state index in [1.807, 2.05) is 36.4 Å². The smallest absolute Gasteiger partial charge is 0.233 e. The summed E-state index contributed by atoms with van der Waals surface area (Å²) in [5.41, 5.74) is 2.92. The molecule has 166 valence electrons. The number of amides is 1. The van der Waals surface area contributed by atoms with Crippen molar-refractivity contribution in [3.63, 3.8) is 0 Å². The van der Waals surface area contributed by atoms with Gasteiger partial charge in [0.15, 0.2) is 0 Å². The Hall–Kier alpha value is -2.47. The standard InChI is InChI=1S/C25H34N4O2/c1-17(30)26-21-7-5-18(6-8-21)23-9-10-24(28-27-23)31-22-13-19-15-29(16-20(19)14-22)12-11-25(2,3)4/h5-10,19-20,22H,11-16H2,1-4H3,(H,26,30)/t19-,20+,22?. The fraction of sp³-hybridized carbons (Fsp3) is 0.560. The third-order valence-electron chi connectivity index (χ3n) is 6.39. The van der Waals surface area contributed by atoms with Gasteiger partial charge in [-0.25, -0.2) is 0 Å². The van der Waals surface area contributed by atoms with Crippen molar-refractivity contribution in [2.45, 2.75) is 53.1 Å². The number of ether oxygens (including phenoxy) is 1. The third-order valence-corrected chi connectivity index (χ3v) is 6.39. The first-order valence-corrected chi connectivity index (χ1v) is 11.4. The highest BCUT2D eigenvalue weighted by Crippen LogP contribution is 2.40. The maximum absolute atomic E-state index is 11.1. The molecule has 2 heterocycles. The molecule has 6 heteroatoms. The lowest BCUT2D eigenvalue weighted by Crippen LogP contribution is -2.28. The summed E-state index contributed by atoms with van der Waals surface area (Å²) in [4.78, 5) is 13.8. The van der Waals surface area contributed by atoms with Gasteiger partial charge >= 0.3 is 0 Å². The van der Waals surface area contributed by atoms with Crippen LogP contribution in [0.1, 0.15) is 47.0 Å². The molecule has 1 aliphatic heterocycles. The molecule has 0 spiro atoms. The van der Waals surface area contributed by atoms with Crippen molar-refractivity contribution >= 4 is 11.6 Å². The van der Waals surface area contributed by atoms with Crippen molar-refractivity contribution in [3.8, 4) is 17.1 Å². The molecule has 2 aromatic rings. The summed E-state index contributed by atoms with van der Waals surface area (Å²) in [5, 5.41) is 11.4. The first kappa shape index (κ1) is 21.8. The van der Waals surface area contributed by atoms with Crippen LogP contribution >= 0.6 is 0 Å². The van der Waals surface area contributed by atoms with E-state index in [-0.39, 0.29) is 12.0 Å². The van der Waals surface area contributed by atoms with E-state index in [1.54, 1.807) is 0 Å². The molecule has 6 nitrogen and oxygen atoms in total. The first-order valence-electron chi connectivity index (χ1n) is 11.4. The van der Waals surface area contributed by atoms with Gasteiger partial charge < -0.3 is 15.0 Å². The number of nitrogens with one attached hydrogen (secondary N) is 1. The van der Waals surface area contributed by atoms with Crippen LogP contribution in [-0.2, 0) is 4.79 Å². The monoisotopic (exact) mass is 422 g/mol. The van der Waals surface area contributed by atoms with Gasteiger partial charge in [-0.15, -0.1) is 10.2 Å². The third kappa shape index (κ3) is 5.82. The predicted molar refractivity (Wildman–Crippen MR) is 123 cm³/mol. The van der Waals surface area contributed by atoms with Crippen LogP contribution in [-0.4, -0.2) is 46.7 Å². The maximum Gasteiger partial charge on any atom is 0.233 e. The number of fused-ring (bicyclic) bond motifs is 1. The van der Waals surface area contributed by atoms with Gasteiger partial charge in [0.1, 0.15) is 6.10 Å². The van der Waals surface area contributed by atoms with E-state index in [9.17, 15) is 4.79 Å². The molecule has 1 aliphatic carbocycles. The van der Waals surface area contributed by atoms with Gasteiger partial charge in [0.2, 0.25) is 11.8 Å². The van der Waals surface area contributed by atoms with Crippen LogP contribution in [0.2, 0.25) is 0 Å². The molecule has 3 atom stereocenters. The number of hydrogen-bond acceptors (Lipinski definition) is 5. The van der Waals surface area contributed by atoms with Crippen LogP contribution < -0.4 is 10.1 Å². The number of nitrogens with zero attached hydrogens (tertiary/aromatic N) is 3. The molecule has 1 saturated heterocycles. The van der Waals surface area contributed by atoms with Crippen molar-refractivity contribution in [1.29, 1.82) is 0 Å². The van der Waals surface area contributed by atoms with Gasteiger partial charge in [-0.05, 0) is 61.3 Å². The highest BCUT2D eigenvalue weighted by atomic mass is 16.5. The Morgan fingerprint density at radius 2 is 1.74 bits per heavy atom. The van der Waals surface area contributed by atoms with Gasteiger partial charge in [0, 0.05) is 37.3 Å². The number of benzene rings is 1. The minimum Gasteiger partial charge on any atom is -0.473 e. The zero-order valence-corrected chi connectivity index (χ0v) is 19.1. The quantitative estimate of drug-likeness (QED) is 0.735. The minimum atomic E-state index is -0.0808. The Morgan fingerprint density at radius 1 is 1.06 bits per heavy atom. The number of anilines is 1. The van der Waals surface area contributed by atoms with Crippen LogP contribution in [0.3, 0.4) is 0 Å². The molecule has 2 aliphatic rings. The molecule has 1 unspecified atom stereocenters. The average molecular weight is 423 g/mol. The van der Waals surface area contributed by atoms with E-state index < -0.39 is 0 Å². The highest BCUT2D eigenvalue weighted by Gasteiger charge is 2.41. The van der Waals surface area contributed by atoms with E-state index in [0.717, 1.165) is 41.6 Å². The second kappa shape index (κ2) is 8.95. The lowest BCUT2D eigenvalue weighted by molar-refractivity contribution is -0.114. The maximum atomic E-state index is 11.1. The Balaban J connectivity index is 1.27. The van der Waals surface area contributed by atoms with Crippen LogP contribution in [0.25, 0.3) is 11.3 Å². The zero-order valence-electron chi connectivity index (χ0n) is 19.1. The van der Waals surface area contributed by atoms with E-state index in [1.165, 1.54) is 33.0 Å². The molecular formula is C25H34N4O2. The van der Waals surface area contributed by atoms with Gasteiger partial charge in [-0.3, -0.25) is 4.79 Å². The molecule has 4 rings (SSSR count). The molecular weight excluding hydrogens is 388 g/mol. The number of hydrogen-bond donors (Lipinski definition) is 1. The van der Waals surface area contributed by atoms with Crippen LogP contribution in [0.4, 0.5) is 5.69 Å². The van der Waals surface area contributed by atoms with E-state index in [4.69, 9.17) is 4.74 Å². The molecule has 1 aromatic carbocycles. The van der Waals surface area contributed by atoms with Crippen LogP contribution in [0.5, 0.6) is 5.88 Å². The second-order valence-corrected chi connectivity index (χ2v) is 10.3.